The normalized spacial score (nSPS) is 26.2. The smallest absolute Gasteiger partial charge is 0.146 e. The molecule has 1 aromatic rings. The molecule has 4 heteroatoms. The Morgan fingerprint density at radius 2 is 2.17 bits per heavy atom. The van der Waals surface area contributed by atoms with Gasteiger partial charge in [-0.25, -0.2) is 0 Å². The molecule has 1 N–H and O–H groups in total. The molecule has 0 aromatic carbocycles. The van der Waals surface area contributed by atoms with Gasteiger partial charge in [0.2, 0.25) is 0 Å². The Hall–Kier alpha value is -0.900. The molecule has 0 radical (unpaired) electrons. The first-order chi connectivity index (χ1) is 8.84. The summed E-state index contributed by atoms with van der Waals surface area (Å²) >= 11 is 0. The van der Waals surface area contributed by atoms with Gasteiger partial charge in [-0.1, -0.05) is 19.3 Å². The van der Waals surface area contributed by atoms with Crippen molar-refractivity contribution in [2.45, 2.75) is 71.0 Å². The molecule has 0 amide bonds. The number of nitrogens with zero attached hydrogens (tertiary/aromatic N) is 3. The van der Waals surface area contributed by atoms with Gasteiger partial charge < -0.3 is 9.88 Å². The van der Waals surface area contributed by atoms with E-state index in [1.165, 1.54) is 44.9 Å². The zero-order valence-corrected chi connectivity index (χ0v) is 11.4. The van der Waals surface area contributed by atoms with Crippen LogP contribution in [0, 0.1) is 5.41 Å². The average Bonchev–Trinajstić information content (AvgIpc) is 2.86. The zero-order chi connectivity index (χ0) is 12.4. The quantitative estimate of drug-likeness (QED) is 0.890. The van der Waals surface area contributed by atoms with Crippen LogP contribution in [0.4, 0.5) is 0 Å². The first-order valence-electron chi connectivity index (χ1n) is 7.44. The zero-order valence-electron chi connectivity index (χ0n) is 11.4. The van der Waals surface area contributed by atoms with Gasteiger partial charge >= 0.3 is 0 Å². The Balaban J connectivity index is 1.57. The topological polar surface area (TPSA) is 42.7 Å². The predicted octanol–water partition coefficient (Wildman–Crippen LogP) is 2.50. The number of rotatable bonds is 4. The molecule has 2 aliphatic carbocycles. The molecule has 0 saturated heterocycles. The summed E-state index contributed by atoms with van der Waals surface area (Å²) in [5.41, 5.74) is 0.634. The largest absolute Gasteiger partial charge is 0.317 e. The maximum Gasteiger partial charge on any atom is 0.146 e. The number of aromatic nitrogens is 3. The fourth-order valence-electron chi connectivity index (χ4n) is 3.76. The summed E-state index contributed by atoms with van der Waals surface area (Å²) in [6, 6.07) is 0.722. The molecule has 1 heterocycles. The number of hydrogen-bond acceptors (Lipinski definition) is 3. The molecule has 1 spiro atoms. The van der Waals surface area contributed by atoms with Crippen molar-refractivity contribution in [1.29, 1.82) is 0 Å². The molecule has 18 heavy (non-hydrogen) atoms. The van der Waals surface area contributed by atoms with Crippen molar-refractivity contribution < 1.29 is 0 Å². The van der Waals surface area contributed by atoms with Crippen molar-refractivity contribution in [3.63, 3.8) is 0 Å². The highest BCUT2D eigenvalue weighted by Crippen LogP contribution is 2.51. The third-order valence-corrected chi connectivity index (χ3v) is 5.06. The molecule has 0 bridgehead atoms. The minimum Gasteiger partial charge on any atom is -0.317 e. The fourth-order valence-corrected chi connectivity index (χ4v) is 3.76. The minimum atomic E-state index is 0.634. The maximum absolute atomic E-state index is 4.20. The molecule has 100 valence electrons. The average molecular weight is 248 g/mol. The molecule has 2 aliphatic rings. The van der Waals surface area contributed by atoms with E-state index in [-0.39, 0.29) is 0 Å². The Labute approximate surface area is 109 Å². The highest BCUT2D eigenvalue weighted by atomic mass is 15.3. The van der Waals surface area contributed by atoms with Gasteiger partial charge in [-0.2, -0.15) is 0 Å². The van der Waals surface area contributed by atoms with Gasteiger partial charge in [0.15, 0.2) is 0 Å². The van der Waals surface area contributed by atoms with Crippen LogP contribution in [0.1, 0.15) is 57.7 Å². The predicted molar refractivity (Wildman–Crippen MR) is 71.1 cm³/mol. The van der Waals surface area contributed by atoms with E-state index < -0.39 is 0 Å². The Morgan fingerprint density at radius 3 is 2.83 bits per heavy atom. The van der Waals surface area contributed by atoms with Crippen molar-refractivity contribution in [1.82, 2.24) is 20.1 Å². The van der Waals surface area contributed by atoms with Crippen molar-refractivity contribution in [2.24, 2.45) is 5.41 Å². The minimum absolute atomic E-state index is 0.634. The van der Waals surface area contributed by atoms with Gasteiger partial charge in [0.1, 0.15) is 12.2 Å². The lowest BCUT2D eigenvalue weighted by Crippen LogP contribution is -2.54. The molecule has 4 nitrogen and oxygen atoms in total. The van der Waals surface area contributed by atoms with Gasteiger partial charge in [0, 0.05) is 12.6 Å². The summed E-state index contributed by atoms with van der Waals surface area (Å²) in [5, 5.41) is 11.9. The lowest BCUT2D eigenvalue weighted by Gasteiger charge is -2.52. The Morgan fingerprint density at radius 1 is 1.33 bits per heavy atom. The maximum atomic E-state index is 4.20. The van der Waals surface area contributed by atoms with E-state index in [0.717, 1.165) is 25.0 Å². The van der Waals surface area contributed by atoms with E-state index in [9.17, 15) is 0 Å². The summed E-state index contributed by atoms with van der Waals surface area (Å²) < 4.78 is 2.12. The lowest BCUT2D eigenvalue weighted by atomic mass is 9.57. The van der Waals surface area contributed by atoms with E-state index in [2.05, 4.69) is 27.0 Å². The van der Waals surface area contributed by atoms with E-state index in [0.29, 0.717) is 5.41 Å². The lowest BCUT2D eigenvalue weighted by molar-refractivity contribution is 0.0216. The van der Waals surface area contributed by atoms with Crippen LogP contribution in [0.3, 0.4) is 0 Å². The van der Waals surface area contributed by atoms with E-state index in [1.807, 2.05) is 6.33 Å². The molecular weight excluding hydrogens is 224 g/mol. The summed E-state index contributed by atoms with van der Waals surface area (Å²) in [7, 11) is 0. The van der Waals surface area contributed by atoms with Gasteiger partial charge in [-0.15, -0.1) is 10.2 Å². The molecule has 1 unspecified atom stereocenters. The summed E-state index contributed by atoms with van der Waals surface area (Å²) in [6.07, 6.45) is 11.8. The van der Waals surface area contributed by atoms with Gasteiger partial charge in [-0.05, 0) is 38.0 Å². The van der Waals surface area contributed by atoms with Crippen LogP contribution in [0.15, 0.2) is 6.33 Å². The van der Waals surface area contributed by atoms with Crippen molar-refractivity contribution >= 4 is 0 Å². The molecule has 2 saturated carbocycles. The fraction of sp³-hybridized carbons (Fsp3) is 0.857. The summed E-state index contributed by atoms with van der Waals surface area (Å²) in [5.74, 6) is 1.08. The van der Waals surface area contributed by atoms with Crippen molar-refractivity contribution in [3.8, 4) is 0 Å². The molecule has 2 fully saturated rings. The van der Waals surface area contributed by atoms with Crippen LogP contribution in [0.25, 0.3) is 0 Å². The monoisotopic (exact) mass is 248 g/mol. The van der Waals surface area contributed by atoms with Crippen LogP contribution < -0.4 is 5.32 Å². The number of hydrogen-bond donors (Lipinski definition) is 1. The van der Waals surface area contributed by atoms with Crippen molar-refractivity contribution in [2.75, 3.05) is 0 Å². The third kappa shape index (κ3) is 2.07. The highest BCUT2D eigenvalue weighted by molar-refractivity contribution is 5.02. The Kier molecular flexibility index (Phi) is 3.37. The second-order valence-electron chi connectivity index (χ2n) is 5.93. The SMILES string of the molecule is CCn1cnnc1CNC1CCC12CCCCC2. The van der Waals surface area contributed by atoms with Gasteiger partial charge in [0.05, 0.1) is 6.54 Å². The number of aryl methyl sites for hydroxylation is 1. The van der Waals surface area contributed by atoms with Crippen LogP contribution in [0.2, 0.25) is 0 Å². The first-order valence-corrected chi connectivity index (χ1v) is 7.44. The molecule has 1 atom stereocenters. The van der Waals surface area contributed by atoms with Crippen LogP contribution in [-0.2, 0) is 13.1 Å². The van der Waals surface area contributed by atoms with Crippen LogP contribution in [0.5, 0.6) is 0 Å². The second kappa shape index (κ2) is 5.00. The van der Waals surface area contributed by atoms with Crippen molar-refractivity contribution in [3.05, 3.63) is 12.2 Å². The molecule has 1 aromatic heterocycles. The van der Waals surface area contributed by atoms with Gasteiger partial charge in [0.25, 0.3) is 0 Å². The standard InChI is InChI=1S/C14H24N4/c1-2-18-11-16-17-13(18)10-15-12-6-9-14(12)7-4-3-5-8-14/h11-12,15H,2-10H2,1H3. The first kappa shape index (κ1) is 12.2. The van der Waals surface area contributed by atoms with Crippen LogP contribution in [-0.4, -0.2) is 20.8 Å². The van der Waals surface area contributed by atoms with E-state index in [4.69, 9.17) is 0 Å². The Bertz CT molecular complexity index is 392. The highest BCUT2D eigenvalue weighted by Gasteiger charge is 2.46. The van der Waals surface area contributed by atoms with Gasteiger partial charge in [-0.3, -0.25) is 0 Å². The van der Waals surface area contributed by atoms with E-state index in [1.54, 1.807) is 0 Å². The molecular formula is C14H24N4. The second-order valence-corrected chi connectivity index (χ2v) is 5.93. The molecule has 0 aliphatic heterocycles. The third-order valence-electron chi connectivity index (χ3n) is 5.06. The van der Waals surface area contributed by atoms with Crippen LogP contribution >= 0.6 is 0 Å². The summed E-state index contributed by atoms with van der Waals surface area (Å²) in [4.78, 5) is 0. The summed E-state index contributed by atoms with van der Waals surface area (Å²) in [6.45, 7) is 3.97. The number of nitrogens with one attached hydrogen (secondary N) is 1. The van der Waals surface area contributed by atoms with E-state index >= 15 is 0 Å². The molecule has 3 rings (SSSR count).